The van der Waals surface area contributed by atoms with Crippen LogP contribution < -0.4 is 0 Å². The van der Waals surface area contributed by atoms with E-state index in [1.54, 1.807) is 0 Å². The molecule has 140 valence electrons. The first-order valence-electron chi connectivity index (χ1n) is 10.5. The van der Waals surface area contributed by atoms with Crippen LogP contribution in [-0.2, 0) is 32.6 Å². The third-order valence-electron chi connectivity index (χ3n) is 6.49. The van der Waals surface area contributed by atoms with E-state index in [9.17, 15) is 0 Å². The van der Waals surface area contributed by atoms with Crippen molar-refractivity contribution in [2.75, 3.05) is 0 Å². The van der Waals surface area contributed by atoms with E-state index in [-0.39, 0.29) is 26.2 Å². The molecule has 1 fully saturated rings. The second-order valence-electron chi connectivity index (χ2n) is 8.36. The van der Waals surface area contributed by atoms with E-state index >= 15 is 0 Å². The zero-order chi connectivity index (χ0) is 18.2. The summed E-state index contributed by atoms with van der Waals surface area (Å²) in [6.07, 6.45) is 8.36. The summed E-state index contributed by atoms with van der Waals surface area (Å²) in [6.45, 7) is 2.25. The third-order valence-corrected chi connectivity index (χ3v) is 6.49. The van der Waals surface area contributed by atoms with Crippen LogP contribution in [0.2, 0.25) is 0 Å². The van der Waals surface area contributed by atoms with Gasteiger partial charge in [-0.25, -0.2) is 0 Å². The Labute approximate surface area is 187 Å². The fraction of sp³-hybridized carbons (Fsp3) is 0.296. The summed E-state index contributed by atoms with van der Waals surface area (Å²) in [7, 11) is 0. The summed E-state index contributed by atoms with van der Waals surface area (Å²) in [6, 6.07) is 25.0. The van der Waals surface area contributed by atoms with Crippen LogP contribution in [0.25, 0.3) is 32.7 Å². The first kappa shape index (κ1) is 19.7. The van der Waals surface area contributed by atoms with Crippen LogP contribution >= 0.6 is 0 Å². The number of aryl methyl sites for hydroxylation is 1. The van der Waals surface area contributed by atoms with E-state index < -0.39 is 0 Å². The minimum absolute atomic E-state index is 0. The zero-order valence-electron chi connectivity index (χ0n) is 16.7. The van der Waals surface area contributed by atoms with Crippen molar-refractivity contribution in [1.82, 2.24) is 0 Å². The molecule has 0 aromatic heterocycles. The van der Waals surface area contributed by atoms with Gasteiger partial charge in [0.05, 0.1) is 0 Å². The maximum Gasteiger partial charge on any atom is 0 e. The Bertz CT molecular complexity index is 1090. The minimum Gasteiger partial charge on any atom is -0.164 e. The molecule has 0 nitrogen and oxygen atoms in total. The van der Waals surface area contributed by atoms with Crippen molar-refractivity contribution in [1.29, 1.82) is 0 Å². The van der Waals surface area contributed by atoms with Crippen LogP contribution in [0, 0.1) is 12.8 Å². The van der Waals surface area contributed by atoms with E-state index in [2.05, 4.69) is 73.7 Å². The van der Waals surface area contributed by atoms with Gasteiger partial charge in [-0.3, -0.25) is 0 Å². The molecule has 0 spiro atoms. The summed E-state index contributed by atoms with van der Waals surface area (Å²) >= 11 is 0. The number of rotatable bonds is 3. The standard InChI is InChI=1S/C27H27.Zr/c1-19-14-15-25(24-13-7-11-22-10-5-6-12-23(22)24)27-18-21(17-26(19)27)16-20-8-3-2-4-9-20;/h5-7,10-15,17-18,20H,2-4,8-9,16H2,1H3;/q-1;. The second-order valence-corrected chi connectivity index (χ2v) is 8.36. The number of hydrogen-bond donors (Lipinski definition) is 0. The van der Waals surface area contributed by atoms with Gasteiger partial charge in [-0.2, -0.15) is 6.07 Å². The van der Waals surface area contributed by atoms with Crippen molar-refractivity contribution in [3.8, 4) is 11.1 Å². The quantitative estimate of drug-likeness (QED) is 0.284. The first-order valence-corrected chi connectivity index (χ1v) is 10.5. The minimum atomic E-state index is 0. The molecule has 0 aliphatic heterocycles. The van der Waals surface area contributed by atoms with Crippen LogP contribution in [0.1, 0.15) is 43.2 Å². The predicted molar refractivity (Wildman–Crippen MR) is 117 cm³/mol. The Morgan fingerprint density at radius 1 is 0.821 bits per heavy atom. The van der Waals surface area contributed by atoms with Gasteiger partial charge in [0.2, 0.25) is 0 Å². The molecule has 0 bridgehead atoms. The Morgan fingerprint density at radius 2 is 1.57 bits per heavy atom. The fourth-order valence-corrected chi connectivity index (χ4v) is 5.04. The molecule has 1 aliphatic rings. The van der Waals surface area contributed by atoms with Crippen LogP contribution in [0.3, 0.4) is 0 Å². The molecule has 0 unspecified atom stereocenters. The normalized spacial score (nSPS) is 15.0. The molecule has 0 N–H and O–H groups in total. The molecular weight excluding hydrogens is 416 g/mol. The maximum absolute atomic E-state index is 2.48. The largest absolute Gasteiger partial charge is 0.164 e. The van der Waals surface area contributed by atoms with Crippen molar-refractivity contribution in [2.24, 2.45) is 5.92 Å². The molecule has 4 aromatic rings. The number of hydrogen-bond acceptors (Lipinski definition) is 0. The topological polar surface area (TPSA) is 0 Å². The van der Waals surface area contributed by atoms with Gasteiger partial charge < -0.3 is 0 Å². The molecule has 28 heavy (non-hydrogen) atoms. The van der Waals surface area contributed by atoms with Crippen molar-refractivity contribution >= 4 is 21.5 Å². The average Bonchev–Trinajstić information content (AvgIpc) is 3.13. The Hall–Kier alpha value is -1.59. The van der Waals surface area contributed by atoms with Gasteiger partial charge in [0.15, 0.2) is 0 Å². The van der Waals surface area contributed by atoms with E-state index in [1.807, 2.05) is 0 Å². The molecule has 1 aliphatic carbocycles. The van der Waals surface area contributed by atoms with Crippen molar-refractivity contribution in [2.45, 2.75) is 45.4 Å². The summed E-state index contributed by atoms with van der Waals surface area (Å²) in [5.74, 6) is 0.886. The molecular formula is C27H27Zr-. The zero-order valence-corrected chi connectivity index (χ0v) is 19.1. The average molecular weight is 443 g/mol. The molecule has 0 atom stereocenters. The second kappa shape index (κ2) is 8.42. The molecule has 4 aromatic carbocycles. The van der Waals surface area contributed by atoms with Gasteiger partial charge in [0, 0.05) is 26.2 Å². The van der Waals surface area contributed by atoms with Gasteiger partial charge >= 0.3 is 0 Å². The molecule has 0 radical (unpaired) electrons. The fourth-order valence-electron chi connectivity index (χ4n) is 5.04. The number of benzene rings is 3. The third kappa shape index (κ3) is 3.67. The predicted octanol–water partition coefficient (Wildman–Crippen LogP) is 7.81. The van der Waals surface area contributed by atoms with Crippen LogP contribution in [0.5, 0.6) is 0 Å². The SMILES string of the molecule is Cc1ccc(-c2cccc3ccccc23)c2cc(CC3CCCCC3)[cH-]c12.[Zr]. The molecule has 1 heteroatoms. The summed E-state index contributed by atoms with van der Waals surface area (Å²) in [4.78, 5) is 0. The molecule has 0 amide bonds. The van der Waals surface area contributed by atoms with Crippen molar-refractivity contribution in [3.05, 3.63) is 77.9 Å². The summed E-state index contributed by atoms with van der Waals surface area (Å²) in [5, 5.41) is 5.53. The van der Waals surface area contributed by atoms with E-state index in [0.717, 1.165) is 5.92 Å². The Kier molecular flexibility index (Phi) is 5.93. The molecule has 0 heterocycles. The van der Waals surface area contributed by atoms with Crippen LogP contribution in [0.15, 0.2) is 66.7 Å². The van der Waals surface area contributed by atoms with Gasteiger partial charge in [-0.1, -0.05) is 93.1 Å². The van der Waals surface area contributed by atoms with Gasteiger partial charge in [0.25, 0.3) is 0 Å². The maximum atomic E-state index is 2.48. The molecule has 0 saturated heterocycles. The van der Waals surface area contributed by atoms with E-state index in [1.165, 1.54) is 82.3 Å². The van der Waals surface area contributed by atoms with E-state index in [4.69, 9.17) is 0 Å². The van der Waals surface area contributed by atoms with Crippen molar-refractivity contribution < 1.29 is 26.2 Å². The van der Waals surface area contributed by atoms with Crippen LogP contribution in [-0.4, -0.2) is 0 Å². The molecule has 1 saturated carbocycles. The Balaban J connectivity index is 0.00000192. The summed E-state index contributed by atoms with van der Waals surface area (Å²) < 4.78 is 0. The monoisotopic (exact) mass is 441 g/mol. The Morgan fingerprint density at radius 3 is 2.43 bits per heavy atom. The van der Waals surface area contributed by atoms with E-state index in [0.29, 0.717) is 0 Å². The van der Waals surface area contributed by atoms with Gasteiger partial charge in [-0.05, 0) is 28.7 Å². The molecule has 5 rings (SSSR count). The van der Waals surface area contributed by atoms with Gasteiger partial charge in [-0.15, -0.1) is 34.0 Å². The van der Waals surface area contributed by atoms with Crippen molar-refractivity contribution in [3.63, 3.8) is 0 Å². The van der Waals surface area contributed by atoms with Gasteiger partial charge in [0.1, 0.15) is 0 Å². The van der Waals surface area contributed by atoms with Crippen LogP contribution in [0.4, 0.5) is 0 Å². The summed E-state index contributed by atoms with van der Waals surface area (Å²) in [5.41, 5.74) is 5.66. The number of fused-ring (bicyclic) bond motifs is 2. The first-order chi connectivity index (χ1) is 13.3. The smallest absolute Gasteiger partial charge is 0 e.